The predicted molar refractivity (Wildman–Crippen MR) is 169 cm³/mol. The van der Waals surface area contributed by atoms with Gasteiger partial charge in [-0.3, -0.25) is 4.79 Å². The number of alkyl carbamates (subject to hydrolysis) is 1. The number of amides is 2. The lowest BCUT2D eigenvalue weighted by molar-refractivity contribution is -0.145. The van der Waals surface area contributed by atoms with Gasteiger partial charge in [-0.25, -0.2) is 9.59 Å². The van der Waals surface area contributed by atoms with E-state index in [9.17, 15) is 14.4 Å². The second-order valence-electron chi connectivity index (χ2n) is 10.8. The van der Waals surface area contributed by atoms with Crippen LogP contribution in [0.15, 0.2) is 79.4 Å². The van der Waals surface area contributed by atoms with E-state index in [0.717, 1.165) is 33.4 Å². The molecule has 9 nitrogen and oxygen atoms in total. The summed E-state index contributed by atoms with van der Waals surface area (Å²) in [5.74, 6) is -0.556. The standard InChI is InChI=1S/C35H41N3O6/c1-4-20-43-25-17-15-24(16-18-25)21-31(34(40)42-3)37-33(39)30(14-7-8-19-36)38-35(41)44-22-29-27-12-6-5-11-26(27)28-13-9-10-23(2)32(28)29/h4-6,9-13,15-18,29-31H,1,7-8,14,19-22,36H2,2-3H3,(H,37,39)(H,38,41)/t29?,30-,31+/m1/s1. The van der Waals surface area contributed by atoms with Gasteiger partial charge >= 0.3 is 12.1 Å². The van der Waals surface area contributed by atoms with Crippen molar-refractivity contribution in [3.8, 4) is 16.9 Å². The molecule has 0 aromatic heterocycles. The Morgan fingerprint density at radius 2 is 1.70 bits per heavy atom. The lowest BCUT2D eigenvalue weighted by Crippen LogP contribution is -2.52. The highest BCUT2D eigenvalue weighted by Crippen LogP contribution is 2.46. The van der Waals surface area contributed by atoms with Crippen molar-refractivity contribution in [1.29, 1.82) is 0 Å². The summed E-state index contributed by atoms with van der Waals surface area (Å²) in [5, 5.41) is 5.49. The minimum Gasteiger partial charge on any atom is -0.490 e. The molecule has 0 spiro atoms. The largest absolute Gasteiger partial charge is 0.490 e. The smallest absolute Gasteiger partial charge is 0.407 e. The van der Waals surface area contributed by atoms with Crippen LogP contribution < -0.4 is 21.1 Å². The summed E-state index contributed by atoms with van der Waals surface area (Å²) in [6.07, 6.45) is 2.75. The molecule has 3 aromatic carbocycles. The van der Waals surface area contributed by atoms with E-state index in [1.807, 2.05) is 30.3 Å². The molecular weight excluding hydrogens is 558 g/mol. The molecule has 0 fully saturated rings. The van der Waals surface area contributed by atoms with Crippen molar-refractivity contribution in [1.82, 2.24) is 10.6 Å². The van der Waals surface area contributed by atoms with Gasteiger partial charge in [0.25, 0.3) is 0 Å². The maximum atomic E-state index is 13.4. The topological polar surface area (TPSA) is 129 Å². The third-order valence-corrected chi connectivity index (χ3v) is 7.77. The van der Waals surface area contributed by atoms with Crippen LogP contribution in [0.2, 0.25) is 0 Å². The first kappa shape index (κ1) is 32.3. The number of rotatable bonds is 15. The van der Waals surface area contributed by atoms with Gasteiger partial charge in [0.2, 0.25) is 5.91 Å². The molecule has 4 rings (SSSR count). The maximum Gasteiger partial charge on any atom is 0.407 e. The summed E-state index contributed by atoms with van der Waals surface area (Å²) in [7, 11) is 1.27. The first-order valence-corrected chi connectivity index (χ1v) is 14.9. The first-order valence-electron chi connectivity index (χ1n) is 14.9. The second-order valence-corrected chi connectivity index (χ2v) is 10.8. The summed E-state index contributed by atoms with van der Waals surface area (Å²) in [6.45, 7) is 6.64. The number of aryl methyl sites for hydroxylation is 1. The lowest BCUT2D eigenvalue weighted by atomic mass is 9.94. The summed E-state index contributed by atoms with van der Waals surface area (Å²) < 4.78 is 16.2. The Labute approximate surface area is 258 Å². The van der Waals surface area contributed by atoms with Crippen LogP contribution in [-0.2, 0) is 25.5 Å². The average molecular weight is 600 g/mol. The Kier molecular flexibility index (Phi) is 11.5. The number of carbonyl (C=O) groups excluding carboxylic acids is 3. The quantitative estimate of drug-likeness (QED) is 0.130. The number of nitrogens with two attached hydrogens (primary N) is 1. The summed E-state index contributed by atoms with van der Waals surface area (Å²) in [5.41, 5.74) is 12.1. The van der Waals surface area contributed by atoms with Crippen LogP contribution in [0.3, 0.4) is 0 Å². The Bertz CT molecular complexity index is 1460. The van der Waals surface area contributed by atoms with Gasteiger partial charge in [0.1, 0.15) is 31.0 Å². The Hall–Kier alpha value is -4.63. The fourth-order valence-electron chi connectivity index (χ4n) is 5.58. The summed E-state index contributed by atoms with van der Waals surface area (Å²) in [4.78, 5) is 39.2. The number of benzene rings is 3. The molecule has 3 atom stereocenters. The molecule has 0 saturated heterocycles. The number of carbonyl (C=O) groups is 3. The number of hydrogen-bond donors (Lipinski definition) is 3. The van der Waals surface area contributed by atoms with E-state index < -0.39 is 30.1 Å². The van der Waals surface area contributed by atoms with Crippen molar-refractivity contribution < 1.29 is 28.6 Å². The number of methoxy groups -OCH3 is 1. The van der Waals surface area contributed by atoms with E-state index in [-0.39, 0.29) is 18.9 Å². The van der Waals surface area contributed by atoms with Crippen LogP contribution in [0.25, 0.3) is 11.1 Å². The Morgan fingerprint density at radius 1 is 0.955 bits per heavy atom. The van der Waals surface area contributed by atoms with Gasteiger partial charge in [-0.1, -0.05) is 67.3 Å². The van der Waals surface area contributed by atoms with Gasteiger partial charge in [-0.05, 0) is 78.2 Å². The minimum absolute atomic E-state index is 0.116. The zero-order chi connectivity index (χ0) is 31.5. The fourth-order valence-corrected chi connectivity index (χ4v) is 5.58. The highest BCUT2D eigenvalue weighted by Gasteiger charge is 2.32. The van der Waals surface area contributed by atoms with Crippen LogP contribution in [0, 0.1) is 6.92 Å². The summed E-state index contributed by atoms with van der Waals surface area (Å²) >= 11 is 0. The molecule has 4 N–H and O–H groups in total. The van der Waals surface area contributed by atoms with Gasteiger partial charge in [-0.2, -0.15) is 0 Å². The van der Waals surface area contributed by atoms with Crippen molar-refractivity contribution in [3.05, 3.63) is 102 Å². The van der Waals surface area contributed by atoms with Gasteiger partial charge < -0.3 is 30.6 Å². The van der Waals surface area contributed by atoms with Crippen LogP contribution in [0.5, 0.6) is 5.75 Å². The second kappa shape index (κ2) is 15.7. The third-order valence-electron chi connectivity index (χ3n) is 7.77. The number of unbranched alkanes of at least 4 members (excludes halogenated alkanes) is 1. The number of hydrogen-bond acceptors (Lipinski definition) is 7. The van der Waals surface area contributed by atoms with Crippen LogP contribution in [0.4, 0.5) is 4.79 Å². The van der Waals surface area contributed by atoms with Crippen molar-refractivity contribution in [3.63, 3.8) is 0 Å². The van der Waals surface area contributed by atoms with Crippen LogP contribution in [0.1, 0.15) is 47.4 Å². The Morgan fingerprint density at radius 3 is 2.43 bits per heavy atom. The Balaban J connectivity index is 1.42. The van der Waals surface area contributed by atoms with E-state index in [2.05, 4.69) is 48.4 Å². The molecule has 2 amide bonds. The third kappa shape index (κ3) is 8.05. The molecule has 1 unspecified atom stereocenters. The minimum atomic E-state index is -0.961. The zero-order valence-corrected chi connectivity index (χ0v) is 25.3. The molecule has 1 aliphatic rings. The lowest BCUT2D eigenvalue weighted by Gasteiger charge is -2.23. The van der Waals surface area contributed by atoms with Gasteiger partial charge in [0, 0.05) is 12.3 Å². The van der Waals surface area contributed by atoms with Gasteiger partial charge in [0.05, 0.1) is 7.11 Å². The highest BCUT2D eigenvalue weighted by atomic mass is 16.5. The molecule has 0 heterocycles. The molecule has 9 heteroatoms. The predicted octanol–water partition coefficient (Wildman–Crippen LogP) is 4.80. The number of nitrogens with one attached hydrogen (secondary N) is 2. The van der Waals surface area contributed by atoms with Crippen molar-refractivity contribution in [2.45, 2.75) is 50.6 Å². The number of fused-ring (bicyclic) bond motifs is 3. The monoisotopic (exact) mass is 599 g/mol. The van der Waals surface area contributed by atoms with E-state index in [0.29, 0.717) is 38.2 Å². The van der Waals surface area contributed by atoms with E-state index in [1.165, 1.54) is 7.11 Å². The van der Waals surface area contributed by atoms with Crippen LogP contribution >= 0.6 is 0 Å². The molecule has 44 heavy (non-hydrogen) atoms. The molecule has 0 bridgehead atoms. The number of ether oxygens (including phenoxy) is 3. The maximum absolute atomic E-state index is 13.4. The average Bonchev–Trinajstić information content (AvgIpc) is 3.37. The number of esters is 1. The molecule has 1 aliphatic carbocycles. The SMILES string of the molecule is C=CCOc1ccc(C[C@H](NC(=O)[C@@H](CCCCN)NC(=O)OCC2c3ccccc3-c3cccc(C)c32)C(=O)OC)cc1. The molecular formula is C35H41N3O6. The molecule has 0 aliphatic heterocycles. The normalized spacial score (nSPS) is 14.4. The molecule has 0 radical (unpaired) electrons. The fraction of sp³-hybridized carbons (Fsp3) is 0.343. The van der Waals surface area contributed by atoms with Crippen molar-refractivity contribution in [2.24, 2.45) is 5.73 Å². The van der Waals surface area contributed by atoms with E-state index in [1.54, 1.807) is 18.2 Å². The van der Waals surface area contributed by atoms with Crippen LogP contribution in [-0.4, -0.2) is 56.9 Å². The summed E-state index contributed by atoms with van der Waals surface area (Å²) in [6, 6.07) is 19.6. The van der Waals surface area contributed by atoms with Crippen molar-refractivity contribution >= 4 is 18.0 Å². The molecule has 0 saturated carbocycles. The molecule has 3 aromatic rings. The molecule has 232 valence electrons. The van der Waals surface area contributed by atoms with E-state index in [4.69, 9.17) is 19.9 Å². The van der Waals surface area contributed by atoms with Gasteiger partial charge in [-0.15, -0.1) is 0 Å². The zero-order valence-electron chi connectivity index (χ0n) is 25.3. The van der Waals surface area contributed by atoms with Gasteiger partial charge in [0.15, 0.2) is 0 Å². The van der Waals surface area contributed by atoms with E-state index >= 15 is 0 Å². The first-order chi connectivity index (χ1) is 21.4. The highest BCUT2D eigenvalue weighted by molar-refractivity contribution is 5.90. The van der Waals surface area contributed by atoms with Crippen molar-refractivity contribution in [2.75, 3.05) is 26.9 Å².